The summed E-state index contributed by atoms with van der Waals surface area (Å²) in [5.74, 6) is -0.332. The topological polar surface area (TPSA) is 30.7 Å². The molecule has 3 nitrogen and oxygen atoms in total. The molecular weight excluding hydrogens is 308 g/mol. The summed E-state index contributed by atoms with van der Waals surface area (Å²) >= 11 is 9.08. The lowest BCUT2D eigenvalue weighted by atomic mass is 10.2. The smallest absolute Gasteiger partial charge is 0.129 e. The molecule has 0 aliphatic carbocycles. The van der Waals surface area contributed by atoms with Crippen LogP contribution in [0.3, 0.4) is 0 Å². The zero-order chi connectivity index (χ0) is 12.4. The second kappa shape index (κ2) is 5.14. The summed E-state index contributed by atoms with van der Waals surface area (Å²) in [4.78, 5) is 0.131. The first-order valence-corrected chi connectivity index (χ1v) is 6.33. The van der Waals surface area contributed by atoms with Gasteiger partial charge in [0, 0.05) is 16.8 Å². The molecule has 6 heteroatoms. The van der Waals surface area contributed by atoms with Crippen LogP contribution in [0, 0.1) is 5.82 Å². The Morgan fingerprint density at radius 2 is 2.29 bits per heavy atom. The molecule has 0 N–H and O–H groups in total. The van der Waals surface area contributed by atoms with Gasteiger partial charge in [-0.2, -0.15) is 0 Å². The van der Waals surface area contributed by atoms with Gasteiger partial charge < -0.3 is 0 Å². The summed E-state index contributed by atoms with van der Waals surface area (Å²) in [6.45, 7) is 2.30. The van der Waals surface area contributed by atoms with Crippen molar-refractivity contribution in [1.82, 2.24) is 15.0 Å². The normalized spacial score (nSPS) is 12.7. The maximum absolute atomic E-state index is 13.5. The molecule has 1 aromatic heterocycles. The molecule has 0 bridgehead atoms. The highest BCUT2D eigenvalue weighted by Crippen LogP contribution is 2.19. The molecule has 0 fully saturated rings. The lowest BCUT2D eigenvalue weighted by Gasteiger charge is -2.03. The predicted octanol–water partition coefficient (Wildman–Crippen LogP) is 3.57. The molecule has 90 valence electrons. The summed E-state index contributed by atoms with van der Waals surface area (Å²) in [5.41, 5.74) is 1.35. The van der Waals surface area contributed by atoms with Crippen LogP contribution in [0.4, 0.5) is 4.39 Å². The molecule has 1 atom stereocenters. The molecule has 0 radical (unpaired) electrons. The Morgan fingerprint density at radius 1 is 1.53 bits per heavy atom. The second-order valence-electron chi connectivity index (χ2n) is 3.69. The van der Waals surface area contributed by atoms with E-state index in [1.807, 2.05) is 6.92 Å². The third-order valence-electron chi connectivity index (χ3n) is 2.31. The number of hydrogen-bond donors (Lipinski definition) is 0. The van der Waals surface area contributed by atoms with E-state index in [0.29, 0.717) is 17.1 Å². The van der Waals surface area contributed by atoms with Crippen molar-refractivity contribution in [3.05, 3.63) is 46.5 Å². The quantitative estimate of drug-likeness (QED) is 0.810. The van der Waals surface area contributed by atoms with E-state index < -0.39 is 0 Å². The van der Waals surface area contributed by atoms with E-state index in [-0.39, 0.29) is 10.6 Å². The highest BCUT2D eigenvalue weighted by Gasteiger charge is 2.08. The SMILES string of the molecule is CC(Br)c1cn(Cc2ccc(Cl)cc2F)nn1. The average Bonchev–Trinajstić information content (AvgIpc) is 2.71. The van der Waals surface area contributed by atoms with Crippen LogP contribution in [0.25, 0.3) is 0 Å². The number of aromatic nitrogens is 3. The van der Waals surface area contributed by atoms with Crippen LogP contribution in [-0.4, -0.2) is 15.0 Å². The number of nitrogens with zero attached hydrogens (tertiary/aromatic N) is 3. The summed E-state index contributed by atoms with van der Waals surface area (Å²) < 4.78 is 15.1. The Balaban J connectivity index is 2.19. The first-order valence-electron chi connectivity index (χ1n) is 5.04. The maximum Gasteiger partial charge on any atom is 0.129 e. The van der Waals surface area contributed by atoms with Crippen molar-refractivity contribution in [2.24, 2.45) is 0 Å². The summed E-state index contributed by atoms with van der Waals surface area (Å²) in [7, 11) is 0. The monoisotopic (exact) mass is 317 g/mol. The van der Waals surface area contributed by atoms with Crippen molar-refractivity contribution in [3.8, 4) is 0 Å². The third-order valence-corrected chi connectivity index (χ3v) is 3.02. The Kier molecular flexibility index (Phi) is 3.79. The Labute approximate surface area is 112 Å². The second-order valence-corrected chi connectivity index (χ2v) is 5.50. The van der Waals surface area contributed by atoms with Crippen molar-refractivity contribution in [2.45, 2.75) is 18.3 Å². The molecule has 0 amide bonds. The third kappa shape index (κ3) is 3.04. The van der Waals surface area contributed by atoms with Gasteiger partial charge in [0.1, 0.15) is 5.82 Å². The van der Waals surface area contributed by atoms with Crippen LogP contribution in [0.1, 0.15) is 23.0 Å². The Bertz CT molecular complexity index is 527. The van der Waals surface area contributed by atoms with Gasteiger partial charge in [-0.1, -0.05) is 38.8 Å². The molecule has 17 heavy (non-hydrogen) atoms. The number of halogens is 3. The number of alkyl halides is 1. The fourth-order valence-corrected chi connectivity index (χ4v) is 1.77. The minimum absolute atomic E-state index is 0.131. The number of hydrogen-bond acceptors (Lipinski definition) is 2. The van der Waals surface area contributed by atoms with Gasteiger partial charge in [0.05, 0.1) is 17.1 Å². The molecule has 1 heterocycles. The highest BCUT2D eigenvalue weighted by atomic mass is 79.9. The summed E-state index contributed by atoms with van der Waals surface area (Å²) in [6.07, 6.45) is 1.79. The van der Waals surface area contributed by atoms with E-state index in [2.05, 4.69) is 26.2 Å². The van der Waals surface area contributed by atoms with Gasteiger partial charge in [-0.25, -0.2) is 9.07 Å². The van der Waals surface area contributed by atoms with Gasteiger partial charge in [-0.05, 0) is 19.1 Å². The predicted molar refractivity (Wildman–Crippen MR) is 67.9 cm³/mol. The van der Waals surface area contributed by atoms with Gasteiger partial charge in [0.15, 0.2) is 0 Å². The Morgan fingerprint density at radius 3 is 2.88 bits per heavy atom. The molecule has 2 rings (SSSR count). The van der Waals surface area contributed by atoms with Gasteiger partial charge in [-0.3, -0.25) is 0 Å². The van der Waals surface area contributed by atoms with Crippen molar-refractivity contribution < 1.29 is 4.39 Å². The minimum Gasteiger partial charge on any atom is -0.248 e. The van der Waals surface area contributed by atoms with Crippen LogP contribution < -0.4 is 0 Å². The summed E-state index contributed by atoms with van der Waals surface area (Å²) in [5, 5.41) is 8.30. The highest BCUT2D eigenvalue weighted by molar-refractivity contribution is 9.09. The largest absolute Gasteiger partial charge is 0.248 e. The Hall–Kier alpha value is -0.940. The fraction of sp³-hybridized carbons (Fsp3) is 0.273. The first kappa shape index (κ1) is 12.5. The van der Waals surface area contributed by atoms with E-state index in [1.54, 1.807) is 23.0 Å². The molecular formula is C11H10BrClFN3. The van der Waals surface area contributed by atoms with Crippen LogP contribution in [0.2, 0.25) is 5.02 Å². The lowest BCUT2D eigenvalue weighted by Crippen LogP contribution is -2.02. The van der Waals surface area contributed by atoms with Crippen molar-refractivity contribution in [2.75, 3.05) is 0 Å². The van der Waals surface area contributed by atoms with E-state index >= 15 is 0 Å². The molecule has 0 saturated heterocycles. The zero-order valence-electron chi connectivity index (χ0n) is 9.07. The molecule has 0 saturated carbocycles. The zero-order valence-corrected chi connectivity index (χ0v) is 11.4. The standard InChI is InChI=1S/C11H10BrClFN3/c1-7(12)11-6-17(16-15-11)5-8-2-3-9(13)4-10(8)14/h2-4,6-7H,5H2,1H3. The molecule has 1 unspecified atom stereocenters. The average molecular weight is 319 g/mol. The van der Waals surface area contributed by atoms with E-state index in [9.17, 15) is 4.39 Å². The lowest BCUT2D eigenvalue weighted by molar-refractivity contribution is 0.577. The molecule has 0 spiro atoms. The van der Waals surface area contributed by atoms with Crippen molar-refractivity contribution in [1.29, 1.82) is 0 Å². The molecule has 0 aliphatic heterocycles. The van der Waals surface area contributed by atoms with Gasteiger partial charge in [0.25, 0.3) is 0 Å². The van der Waals surface area contributed by atoms with Gasteiger partial charge in [-0.15, -0.1) is 5.10 Å². The van der Waals surface area contributed by atoms with Crippen LogP contribution in [0.5, 0.6) is 0 Å². The van der Waals surface area contributed by atoms with Gasteiger partial charge >= 0.3 is 0 Å². The van der Waals surface area contributed by atoms with Crippen molar-refractivity contribution in [3.63, 3.8) is 0 Å². The van der Waals surface area contributed by atoms with E-state index in [1.165, 1.54) is 6.07 Å². The molecule has 2 aromatic rings. The number of benzene rings is 1. The maximum atomic E-state index is 13.5. The van der Waals surface area contributed by atoms with Crippen LogP contribution in [0.15, 0.2) is 24.4 Å². The summed E-state index contributed by atoms with van der Waals surface area (Å²) in [6, 6.07) is 4.60. The van der Waals surface area contributed by atoms with E-state index in [4.69, 9.17) is 11.6 Å². The van der Waals surface area contributed by atoms with Crippen LogP contribution >= 0.6 is 27.5 Å². The minimum atomic E-state index is -0.332. The fourth-order valence-electron chi connectivity index (χ4n) is 1.40. The van der Waals surface area contributed by atoms with Gasteiger partial charge in [0.2, 0.25) is 0 Å². The molecule has 0 aliphatic rings. The first-order chi connectivity index (χ1) is 8.06. The molecule has 1 aromatic carbocycles. The van der Waals surface area contributed by atoms with E-state index in [0.717, 1.165) is 5.69 Å². The van der Waals surface area contributed by atoms with Crippen molar-refractivity contribution >= 4 is 27.5 Å². The number of rotatable bonds is 3. The van der Waals surface area contributed by atoms with Crippen LogP contribution in [-0.2, 0) is 6.54 Å².